The van der Waals surface area contributed by atoms with Gasteiger partial charge in [0.2, 0.25) is 5.91 Å². The first-order valence-corrected chi connectivity index (χ1v) is 7.30. The Morgan fingerprint density at radius 2 is 2.00 bits per heavy atom. The second-order valence-electron chi connectivity index (χ2n) is 5.83. The summed E-state index contributed by atoms with van der Waals surface area (Å²) in [6, 6.07) is 9.31. The van der Waals surface area contributed by atoms with E-state index in [0.717, 1.165) is 25.8 Å². The lowest BCUT2D eigenvalue weighted by molar-refractivity contribution is -0.132. The largest absolute Gasteiger partial charge is 0.342 e. The summed E-state index contributed by atoms with van der Waals surface area (Å²) in [4.78, 5) is 14.3. The van der Waals surface area contributed by atoms with Gasteiger partial charge in [0, 0.05) is 25.6 Å². The van der Waals surface area contributed by atoms with E-state index < -0.39 is 0 Å². The molecule has 1 fully saturated rings. The number of carbonyl (C=O) groups is 1. The van der Waals surface area contributed by atoms with Crippen LogP contribution in [0.15, 0.2) is 24.3 Å². The highest BCUT2D eigenvalue weighted by atomic mass is 16.2. The molecule has 102 valence electrons. The normalized spacial score (nSPS) is 22.5. The zero-order chi connectivity index (χ0) is 13.2. The van der Waals surface area contributed by atoms with Gasteiger partial charge < -0.3 is 10.2 Å². The van der Waals surface area contributed by atoms with E-state index in [1.807, 2.05) is 11.9 Å². The molecule has 1 saturated heterocycles. The van der Waals surface area contributed by atoms with E-state index in [9.17, 15) is 4.79 Å². The van der Waals surface area contributed by atoms with Crippen LogP contribution in [0.1, 0.15) is 30.4 Å². The Labute approximate surface area is 115 Å². The molecule has 1 heterocycles. The van der Waals surface area contributed by atoms with Crippen LogP contribution in [-0.4, -0.2) is 36.5 Å². The van der Waals surface area contributed by atoms with Crippen molar-refractivity contribution < 1.29 is 4.79 Å². The first kappa shape index (κ1) is 12.7. The average molecular weight is 258 g/mol. The summed E-state index contributed by atoms with van der Waals surface area (Å²) in [6.45, 7) is 1.07. The highest BCUT2D eigenvalue weighted by molar-refractivity contribution is 5.77. The minimum atomic E-state index is 0.289. The first-order valence-electron chi connectivity index (χ1n) is 7.30. The van der Waals surface area contributed by atoms with Gasteiger partial charge in [-0.2, -0.15) is 0 Å². The van der Waals surface area contributed by atoms with E-state index in [-0.39, 0.29) is 5.91 Å². The summed E-state index contributed by atoms with van der Waals surface area (Å²) in [5, 5.41) is 3.40. The number of benzene rings is 1. The Balaban J connectivity index is 1.59. The third-order valence-electron chi connectivity index (χ3n) is 4.55. The van der Waals surface area contributed by atoms with Gasteiger partial charge in [-0.1, -0.05) is 24.3 Å². The second-order valence-corrected chi connectivity index (χ2v) is 5.83. The molecule has 0 radical (unpaired) electrons. The van der Waals surface area contributed by atoms with Gasteiger partial charge in [-0.05, 0) is 43.4 Å². The zero-order valence-corrected chi connectivity index (χ0v) is 11.6. The lowest BCUT2D eigenvalue weighted by Crippen LogP contribution is -2.40. The number of carbonyl (C=O) groups excluding carboxylic acids is 1. The molecular weight excluding hydrogens is 236 g/mol. The minimum Gasteiger partial charge on any atom is -0.342 e. The predicted octanol–water partition coefficient (Wildman–Crippen LogP) is 1.75. The van der Waals surface area contributed by atoms with Crippen LogP contribution in [0.4, 0.5) is 0 Å². The minimum absolute atomic E-state index is 0.289. The van der Waals surface area contributed by atoms with Crippen LogP contribution in [0.25, 0.3) is 0 Å². The van der Waals surface area contributed by atoms with Crippen molar-refractivity contribution in [3.05, 3.63) is 35.4 Å². The maximum atomic E-state index is 12.3. The van der Waals surface area contributed by atoms with Crippen molar-refractivity contribution in [3.63, 3.8) is 0 Å². The summed E-state index contributed by atoms with van der Waals surface area (Å²) in [5.41, 5.74) is 2.82. The third-order valence-corrected chi connectivity index (χ3v) is 4.55. The Kier molecular flexibility index (Phi) is 3.56. The Hall–Kier alpha value is -1.35. The number of hydrogen-bond acceptors (Lipinski definition) is 2. The molecule has 0 spiro atoms. The van der Waals surface area contributed by atoms with Crippen LogP contribution in [0.5, 0.6) is 0 Å². The summed E-state index contributed by atoms with van der Waals surface area (Å²) in [6.07, 6.45) is 5.03. The van der Waals surface area contributed by atoms with Crippen molar-refractivity contribution in [2.75, 3.05) is 13.6 Å². The molecule has 19 heavy (non-hydrogen) atoms. The fourth-order valence-corrected chi connectivity index (χ4v) is 3.30. The van der Waals surface area contributed by atoms with Crippen LogP contribution in [0.2, 0.25) is 0 Å². The Morgan fingerprint density at radius 3 is 2.58 bits per heavy atom. The Morgan fingerprint density at radius 1 is 1.32 bits per heavy atom. The molecule has 1 N–H and O–H groups in total. The summed E-state index contributed by atoms with van der Waals surface area (Å²) < 4.78 is 0. The molecule has 3 nitrogen and oxygen atoms in total. The fourth-order valence-electron chi connectivity index (χ4n) is 3.30. The number of hydrogen-bond donors (Lipinski definition) is 1. The predicted molar refractivity (Wildman–Crippen MR) is 76.0 cm³/mol. The molecule has 3 heteroatoms. The maximum absolute atomic E-state index is 12.3. The van der Waals surface area contributed by atoms with E-state index >= 15 is 0 Å². The SMILES string of the molecule is CN(C(=O)CC1CCCN1)C1Cc2ccccc2C1. The molecule has 2 aliphatic rings. The van der Waals surface area contributed by atoms with Crippen LogP contribution in [-0.2, 0) is 17.6 Å². The lowest BCUT2D eigenvalue weighted by Gasteiger charge is -2.25. The van der Waals surface area contributed by atoms with Crippen molar-refractivity contribution in [2.24, 2.45) is 0 Å². The number of amides is 1. The maximum Gasteiger partial charge on any atom is 0.224 e. The van der Waals surface area contributed by atoms with E-state index in [4.69, 9.17) is 0 Å². The van der Waals surface area contributed by atoms with Crippen LogP contribution >= 0.6 is 0 Å². The third kappa shape index (κ3) is 2.66. The molecule has 1 atom stereocenters. The molecular formula is C16H22N2O. The molecule has 1 aromatic carbocycles. The fraction of sp³-hybridized carbons (Fsp3) is 0.562. The van der Waals surface area contributed by atoms with Gasteiger partial charge in [0.1, 0.15) is 0 Å². The standard InChI is InChI=1S/C16H22N2O/c1-18(16(19)11-14-7-4-8-17-14)15-9-12-5-2-3-6-13(12)10-15/h2-3,5-6,14-15,17H,4,7-11H2,1H3. The molecule has 1 aliphatic heterocycles. The summed E-state index contributed by atoms with van der Waals surface area (Å²) in [7, 11) is 1.97. The first-order chi connectivity index (χ1) is 9.24. The van der Waals surface area contributed by atoms with Crippen molar-refractivity contribution in [2.45, 2.75) is 44.2 Å². The molecule has 0 saturated carbocycles. The second kappa shape index (κ2) is 5.33. The molecule has 0 bridgehead atoms. The average Bonchev–Trinajstić information content (AvgIpc) is 3.05. The molecule has 1 aliphatic carbocycles. The van der Waals surface area contributed by atoms with Gasteiger partial charge in [0.25, 0.3) is 0 Å². The molecule has 3 rings (SSSR count). The Bertz CT molecular complexity index is 441. The quantitative estimate of drug-likeness (QED) is 0.896. The summed E-state index contributed by atoms with van der Waals surface area (Å²) >= 11 is 0. The molecule has 0 aromatic heterocycles. The van der Waals surface area contributed by atoms with Gasteiger partial charge >= 0.3 is 0 Å². The number of likely N-dealkylation sites (N-methyl/N-ethyl adjacent to an activating group) is 1. The van der Waals surface area contributed by atoms with Crippen molar-refractivity contribution in [1.29, 1.82) is 0 Å². The number of nitrogens with one attached hydrogen (secondary N) is 1. The zero-order valence-electron chi connectivity index (χ0n) is 11.6. The van der Waals surface area contributed by atoms with Crippen molar-refractivity contribution in [1.82, 2.24) is 10.2 Å². The van der Waals surface area contributed by atoms with E-state index in [1.165, 1.54) is 17.5 Å². The monoisotopic (exact) mass is 258 g/mol. The van der Waals surface area contributed by atoms with E-state index in [0.29, 0.717) is 18.5 Å². The van der Waals surface area contributed by atoms with Gasteiger partial charge in [0.05, 0.1) is 0 Å². The van der Waals surface area contributed by atoms with Crippen molar-refractivity contribution in [3.8, 4) is 0 Å². The van der Waals surface area contributed by atoms with Gasteiger partial charge in [0.15, 0.2) is 0 Å². The van der Waals surface area contributed by atoms with Crippen molar-refractivity contribution >= 4 is 5.91 Å². The molecule has 1 amide bonds. The van der Waals surface area contributed by atoms with Crippen LogP contribution in [0, 0.1) is 0 Å². The van der Waals surface area contributed by atoms with Gasteiger partial charge in [-0.25, -0.2) is 0 Å². The van der Waals surface area contributed by atoms with Crippen LogP contribution in [0.3, 0.4) is 0 Å². The topological polar surface area (TPSA) is 32.3 Å². The van der Waals surface area contributed by atoms with Gasteiger partial charge in [-0.15, -0.1) is 0 Å². The number of rotatable bonds is 3. The molecule has 1 aromatic rings. The highest BCUT2D eigenvalue weighted by Crippen LogP contribution is 2.25. The number of fused-ring (bicyclic) bond motifs is 1. The summed E-state index contributed by atoms with van der Waals surface area (Å²) in [5.74, 6) is 0.289. The molecule has 1 unspecified atom stereocenters. The van der Waals surface area contributed by atoms with Gasteiger partial charge in [-0.3, -0.25) is 4.79 Å². The highest BCUT2D eigenvalue weighted by Gasteiger charge is 2.28. The van der Waals surface area contributed by atoms with E-state index in [1.54, 1.807) is 0 Å². The lowest BCUT2D eigenvalue weighted by atomic mass is 10.1. The van der Waals surface area contributed by atoms with Crippen LogP contribution < -0.4 is 5.32 Å². The van der Waals surface area contributed by atoms with E-state index in [2.05, 4.69) is 29.6 Å². The smallest absolute Gasteiger partial charge is 0.224 e. The number of nitrogens with zero attached hydrogens (tertiary/aromatic N) is 1.